The highest BCUT2D eigenvalue weighted by atomic mass is 19.1. The molecule has 0 saturated heterocycles. The number of halogens is 2. The van der Waals surface area contributed by atoms with Gasteiger partial charge in [0.05, 0.1) is 5.60 Å². The Morgan fingerprint density at radius 2 is 1.64 bits per heavy atom. The van der Waals surface area contributed by atoms with Gasteiger partial charge in [-0.3, -0.25) is 0 Å². The van der Waals surface area contributed by atoms with Crippen LogP contribution >= 0.6 is 0 Å². The summed E-state index contributed by atoms with van der Waals surface area (Å²) in [5.41, 5.74) is 1.61. The van der Waals surface area contributed by atoms with Gasteiger partial charge in [0.25, 0.3) is 0 Å². The molecule has 5 heteroatoms. The zero-order chi connectivity index (χ0) is 30.0. The minimum absolute atomic E-state index is 0.156. The quantitative estimate of drug-likeness (QED) is 0.113. The average molecular weight is 587 g/mol. The van der Waals surface area contributed by atoms with Crippen LogP contribution in [-0.4, -0.2) is 30.5 Å². The Kier molecular flexibility index (Phi) is 15.8. The molecule has 1 fully saturated rings. The number of ether oxygens (including phenoxy) is 2. The van der Waals surface area contributed by atoms with E-state index in [1.165, 1.54) is 57.4 Å². The lowest BCUT2D eigenvalue weighted by molar-refractivity contribution is -0.157. The molecule has 0 heterocycles. The first-order valence-electron chi connectivity index (χ1n) is 17.1. The molecule has 0 radical (unpaired) electrons. The SMILES string of the molecule is CCCCCCCCCCCOC1(CCC2CCC(OC(=O)[C@@H](F)CCCC)CC2)C=CC(c2cccc(F)c2)=CC1. The average Bonchev–Trinajstić information content (AvgIpc) is 3.01. The van der Waals surface area contributed by atoms with Crippen molar-refractivity contribution in [3.8, 4) is 0 Å². The van der Waals surface area contributed by atoms with Gasteiger partial charge in [-0.25, -0.2) is 13.6 Å². The molecule has 1 saturated carbocycles. The number of esters is 1. The van der Waals surface area contributed by atoms with E-state index in [0.29, 0.717) is 12.3 Å². The zero-order valence-corrected chi connectivity index (χ0v) is 26.4. The zero-order valence-electron chi connectivity index (χ0n) is 26.4. The van der Waals surface area contributed by atoms with Crippen molar-refractivity contribution < 1.29 is 23.0 Å². The van der Waals surface area contributed by atoms with Crippen LogP contribution < -0.4 is 0 Å². The first-order valence-corrected chi connectivity index (χ1v) is 17.1. The van der Waals surface area contributed by atoms with Crippen molar-refractivity contribution in [2.24, 2.45) is 5.92 Å². The van der Waals surface area contributed by atoms with Gasteiger partial charge in [0.1, 0.15) is 11.9 Å². The lowest BCUT2D eigenvalue weighted by Gasteiger charge is -2.35. The summed E-state index contributed by atoms with van der Waals surface area (Å²) in [7, 11) is 0. The molecule has 0 spiro atoms. The molecule has 1 aromatic carbocycles. The molecule has 2 aliphatic carbocycles. The Bertz CT molecular complexity index is 966. The third kappa shape index (κ3) is 12.3. The number of alkyl halides is 1. The molecule has 3 rings (SSSR count). The van der Waals surface area contributed by atoms with Crippen LogP contribution in [0.3, 0.4) is 0 Å². The van der Waals surface area contributed by atoms with Crippen LogP contribution in [0.2, 0.25) is 0 Å². The van der Waals surface area contributed by atoms with Crippen LogP contribution in [0.25, 0.3) is 5.57 Å². The Labute approximate surface area is 254 Å². The fraction of sp³-hybridized carbons (Fsp3) is 0.703. The van der Waals surface area contributed by atoms with Gasteiger partial charge in [0.15, 0.2) is 6.17 Å². The van der Waals surface area contributed by atoms with Gasteiger partial charge in [0, 0.05) is 6.61 Å². The number of hydrogen-bond donors (Lipinski definition) is 0. The predicted molar refractivity (Wildman–Crippen MR) is 170 cm³/mol. The molecular weight excluding hydrogens is 530 g/mol. The van der Waals surface area contributed by atoms with Crippen LogP contribution in [0.4, 0.5) is 8.78 Å². The van der Waals surface area contributed by atoms with E-state index >= 15 is 0 Å². The highest BCUT2D eigenvalue weighted by molar-refractivity contribution is 5.75. The van der Waals surface area contributed by atoms with Crippen molar-refractivity contribution in [2.45, 2.75) is 154 Å². The first kappa shape index (κ1) is 34.5. The maximum atomic E-state index is 14.1. The molecule has 0 aliphatic heterocycles. The fourth-order valence-electron chi connectivity index (χ4n) is 6.32. The van der Waals surface area contributed by atoms with Gasteiger partial charge in [0.2, 0.25) is 0 Å². The summed E-state index contributed by atoms with van der Waals surface area (Å²) >= 11 is 0. The summed E-state index contributed by atoms with van der Waals surface area (Å²) in [6, 6.07) is 6.78. The fourth-order valence-corrected chi connectivity index (χ4v) is 6.32. The van der Waals surface area contributed by atoms with E-state index in [1.807, 2.05) is 13.0 Å². The van der Waals surface area contributed by atoms with Crippen LogP contribution in [0.15, 0.2) is 42.5 Å². The lowest BCUT2D eigenvalue weighted by Crippen LogP contribution is -2.33. The van der Waals surface area contributed by atoms with Gasteiger partial charge in [-0.15, -0.1) is 0 Å². The molecule has 0 bridgehead atoms. The van der Waals surface area contributed by atoms with Gasteiger partial charge in [-0.2, -0.15) is 0 Å². The third-order valence-corrected chi connectivity index (χ3v) is 9.15. The minimum Gasteiger partial charge on any atom is -0.460 e. The highest BCUT2D eigenvalue weighted by Crippen LogP contribution is 2.37. The number of rotatable bonds is 20. The van der Waals surface area contributed by atoms with Gasteiger partial charge in [-0.05, 0) is 87.0 Å². The third-order valence-electron chi connectivity index (χ3n) is 9.15. The topological polar surface area (TPSA) is 35.5 Å². The highest BCUT2D eigenvalue weighted by Gasteiger charge is 2.32. The molecule has 1 unspecified atom stereocenters. The Morgan fingerprint density at radius 1 is 0.952 bits per heavy atom. The van der Waals surface area contributed by atoms with Crippen molar-refractivity contribution in [3.63, 3.8) is 0 Å². The summed E-state index contributed by atoms with van der Waals surface area (Å²) in [6.45, 7) is 5.01. The molecular formula is C37H56F2O3. The maximum Gasteiger partial charge on any atom is 0.340 e. The molecule has 3 nitrogen and oxygen atoms in total. The number of hydrogen-bond acceptors (Lipinski definition) is 3. The Hall–Kier alpha value is -2.01. The van der Waals surface area contributed by atoms with E-state index in [4.69, 9.17) is 9.47 Å². The van der Waals surface area contributed by atoms with Crippen LogP contribution in [-0.2, 0) is 14.3 Å². The van der Waals surface area contributed by atoms with Crippen molar-refractivity contribution in [3.05, 3.63) is 53.9 Å². The van der Waals surface area contributed by atoms with Crippen LogP contribution in [0.5, 0.6) is 0 Å². The van der Waals surface area contributed by atoms with E-state index in [-0.39, 0.29) is 23.9 Å². The van der Waals surface area contributed by atoms with E-state index < -0.39 is 12.1 Å². The molecule has 0 amide bonds. The van der Waals surface area contributed by atoms with Gasteiger partial charge in [-0.1, -0.05) is 108 Å². The molecule has 0 aromatic heterocycles. The second kappa shape index (κ2) is 19.3. The number of benzene rings is 1. The smallest absolute Gasteiger partial charge is 0.340 e. The number of allylic oxidation sites excluding steroid dienone is 2. The van der Waals surface area contributed by atoms with Gasteiger partial charge < -0.3 is 9.47 Å². The molecule has 2 aliphatic rings. The summed E-state index contributed by atoms with van der Waals surface area (Å²) in [5.74, 6) is -0.343. The number of carbonyl (C=O) groups excluding carboxylic acids is 1. The van der Waals surface area contributed by atoms with Crippen molar-refractivity contribution in [2.75, 3.05) is 6.61 Å². The van der Waals surface area contributed by atoms with E-state index in [1.54, 1.807) is 12.1 Å². The molecule has 0 N–H and O–H groups in total. The summed E-state index contributed by atoms with van der Waals surface area (Å²) in [5, 5.41) is 0. The largest absolute Gasteiger partial charge is 0.460 e. The number of carbonyl (C=O) groups is 1. The molecule has 2 atom stereocenters. The summed E-state index contributed by atoms with van der Waals surface area (Å²) in [6.07, 6.45) is 24.7. The standard InChI is InChI=1S/C37H56F2O3/c1-3-5-7-8-9-10-11-12-13-28-41-37(26-23-31(24-27-37)32-15-14-16-33(38)29-32)25-22-30-18-20-34(21-19-30)42-36(40)35(39)17-6-4-2/h14-16,23-24,26,29-30,34-35H,3-13,17-22,25,27-28H2,1-2H3/t30?,34?,35-,37?/m0/s1. The van der Waals surface area contributed by atoms with Gasteiger partial charge >= 0.3 is 5.97 Å². The predicted octanol–water partition coefficient (Wildman–Crippen LogP) is 10.9. The van der Waals surface area contributed by atoms with Crippen molar-refractivity contribution >= 4 is 11.5 Å². The number of unbranched alkanes of at least 4 members (excludes halogenated alkanes) is 9. The lowest BCUT2D eigenvalue weighted by atomic mass is 9.79. The summed E-state index contributed by atoms with van der Waals surface area (Å²) in [4.78, 5) is 12.1. The molecule has 236 valence electrons. The maximum absolute atomic E-state index is 14.1. The van der Waals surface area contributed by atoms with Crippen LogP contribution in [0, 0.1) is 11.7 Å². The normalized spacial score (nSPS) is 23.0. The Balaban J connectivity index is 1.46. The summed E-state index contributed by atoms with van der Waals surface area (Å²) < 4.78 is 40.1. The van der Waals surface area contributed by atoms with E-state index in [9.17, 15) is 13.6 Å². The van der Waals surface area contributed by atoms with Crippen LogP contribution in [0.1, 0.15) is 141 Å². The molecule has 42 heavy (non-hydrogen) atoms. The molecule has 1 aromatic rings. The van der Waals surface area contributed by atoms with E-state index in [2.05, 4.69) is 25.2 Å². The monoisotopic (exact) mass is 586 g/mol. The van der Waals surface area contributed by atoms with Crippen molar-refractivity contribution in [1.29, 1.82) is 0 Å². The Morgan fingerprint density at radius 3 is 2.29 bits per heavy atom. The minimum atomic E-state index is -1.49. The second-order valence-electron chi connectivity index (χ2n) is 12.7. The first-order chi connectivity index (χ1) is 20.4. The van der Waals surface area contributed by atoms with Crippen molar-refractivity contribution in [1.82, 2.24) is 0 Å². The van der Waals surface area contributed by atoms with E-state index in [0.717, 1.165) is 75.5 Å². The second-order valence-corrected chi connectivity index (χ2v) is 12.7.